The van der Waals surface area contributed by atoms with Gasteiger partial charge in [0, 0.05) is 103 Å². The molecule has 0 bridgehead atoms. The van der Waals surface area contributed by atoms with Gasteiger partial charge in [0.25, 0.3) is 0 Å². The fourth-order valence-electron chi connectivity index (χ4n) is 12.1. The first-order valence-corrected chi connectivity index (χ1v) is 26.8. The van der Waals surface area contributed by atoms with Gasteiger partial charge in [0.2, 0.25) is 0 Å². The van der Waals surface area contributed by atoms with Crippen LogP contribution in [0.5, 0.6) is 0 Å². The number of pyridine rings is 6. The number of fused-ring (bicyclic) bond motifs is 13. The van der Waals surface area contributed by atoms with Crippen LogP contribution in [0, 0.1) is 6.92 Å². The van der Waals surface area contributed by atoms with Crippen molar-refractivity contribution >= 4 is 98.7 Å². The van der Waals surface area contributed by atoms with Crippen LogP contribution in [0.25, 0.3) is 177 Å². The first-order chi connectivity index (χ1) is 40.0. The van der Waals surface area contributed by atoms with E-state index in [4.69, 9.17) is 42.6 Å². The van der Waals surface area contributed by atoms with Gasteiger partial charge in [0.05, 0.1) is 11.4 Å². The maximum atomic E-state index is 6.68. The molecule has 0 amide bonds. The highest BCUT2D eigenvalue weighted by atomic mass is 16.3. The van der Waals surface area contributed by atoms with Crippen LogP contribution in [-0.4, -0.2) is 29.9 Å². The molecule has 0 spiro atoms. The molecule has 0 N–H and O–H groups in total. The number of furan rings is 4. The van der Waals surface area contributed by atoms with Crippen molar-refractivity contribution in [2.45, 2.75) is 6.92 Å². The number of benzene rings is 7. The van der Waals surface area contributed by atoms with Gasteiger partial charge < -0.3 is 17.7 Å². The highest BCUT2D eigenvalue weighted by molar-refractivity contribution is 6.15. The highest BCUT2D eigenvalue weighted by Gasteiger charge is 2.22. The van der Waals surface area contributed by atoms with E-state index >= 15 is 0 Å². The van der Waals surface area contributed by atoms with Crippen molar-refractivity contribution in [3.05, 3.63) is 231 Å². The Labute approximate surface area is 460 Å². The van der Waals surface area contributed by atoms with Gasteiger partial charge >= 0.3 is 0 Å². The maximum Gasteiger partial charge on any atom is 0.161 e. The molecule has 10 nitrogen and oxygen atoms in total. The van der Waals surface area contributed by atoms with Gasteiger partial charge in [-0.15, -0.1) is 0 Å². The average molecular weight is 1040 g/mol. The monoisotopic (exact) mass is 1040 g/mol. The number of hydrogen-bond donors (Lipinski definition) is 0. The second-order valence-electron chi connectivity index (χ2n) is 20.6. The molecule has 0 atom stereocenters. The van der Waals surface area contributed by atoms with Crippen molar-refractivity contribution < 1.29 is 17.7 Å². The van der Waals surface area contributed by atoms with E-state index in [1.165, 1.54) is 0 Å². The van der Waals surface area contributed by atoms with E-state index in [2.05, 4.69) is 115 Å². The summed E-state index contributed by atoms with van der Waals surface area (Å²) in [5.74, 6) is 0. The van der Waals surface area contributed by atoms with Crippen molar-refractivity contribution in [3.63, 3.8) is 0 Å². The molecule has 10 aromatic heterocycles. The first kappa shape index (κ1) is 45.0. The van der Waals surface area contributed by atoms with Crippen molar-refractivity contribution in [1.29, 1.82) is 0 Å². The fraction of sp³-hybridized carbons (Fsp3) is 0.0141. The molecule has 17 rings (SSSR count). The van der Waals surface area contributed by atoms with Gasteiger partial charge in [0.1, 0.15) is 44.9 Å². The second kappa shape index (κ2) is 17.5. The summed E-state index contributed by atoms with van der Waals surface area (Å²) < 4.78 is 25.9. The average Bonchev–Trinajstić information content (AvgIpc) is 4.53. The molecule has 10 heterocycles. The number of aryl methyl sites for hydroxylation is 1. The van der Waals surface area contributed by atoms with Crippen LogP contribution < -0.4 is 0 Å². The van der Waals surface area contributed by atoms with Crippen molar-refractivity contribution in [3.8, 4) is 78.5 Å². The number of aromatic nitrogens is 6. The van der Waals surface area contributed by atoms with E-state index in [0.717, 1.165) is 177 Å². The van der Waals surface area contributed by atoms with Crippen molar-refractivity contribution in [1.82, 2.24) is 29.9 Å². The maximum absolute atomic E-state index is 6.68. The zero-order chi connectivity index (χ0) is 53.3. The SMILES string of the molecule is Cc1cc(-c2nccc3c2oc2ccc(-c4ccc5oc6c(-c7ccc(-c8ccc(-c9nccc%10c9oc9ccccc9%10)cn8)nc7)ccnc6c5c4)cc23)ccc1-c1ccc(-c2nccc3c2oc2ccccc23)c2ccccc12. The van der Waals surface area contributed by atoms with E-state index in [-0.39, 0.29) is 0 Å². The Kier molecular flexibility index (Phi) is 9.69. The van der Waals surface area contributed by atoms with Gasteiger partial charge in [-0.2, -0.15) is 0 Å². The topological polar surface area (TPSA) is 130 Å². The molecule has 0 aliphatic carbocycles. The van der Waals surface area contributed by atoms with E-state index in [1.807, 2.05) is 122 Å². The number of para-hydroxylation sites is 2. The summed E-state index contributed by atoms with van der Waals surface area (Å²) >= 11 is 0. The molecule has 378 valence electrons. The molecule has 0 saturated carbocycles. The summed E-state index contributed by atoms with van der Waals surface area (Å²) in [5, 5.41) is 9.41. The summed E-state index contributed by atoms with van der Waals surface area (Å²) in [4.78, 5) is 29.0. The number of nitrogens with zero attached hydrogens (tertiary/aromatic N) is 6. The van der Waals surface area contributed by atoms with Gasteiger partial charge in [-0.05, 0) is 130 Å². The normalized spacial score (nSPS) is 12.0. The van der Waals surface area contributed by atoms with Crippen LogP contribution in [0.1, 0.15) is 5.56 Å². The van der Waals surface area contributed by atoms with Crippen molar-refractivity contribution in [2.24, 2.45) is 0 Å². The van der Waals surface area contributed by atoms with Gasteiger partial charge in [-0.25, -0.2) is 0 Å². The minimum absolute atomic E-state index is 0.699. The Hall–Kier alpha value is -11.1. The fourth-order valence-corrected chi connectivity index (χ4v) is 12.1. The summed E-state index contributed by atoms with van der Waals surface area (Å²) in [5.41, 5.74) is 21.0. The van der Waals surface area contributed by atoms with Crippen molar-refractivity contribution in [2.75, 3.05) is 0 Å². The summed E-state index contributed by atoms with van der Waals surface area (Å²) in [6, 6.07) is 64.4. The molecule has 10 heteroatoms. The van der Waals surface area contributed by atoms with E-state index in [9.17, 15) is 0 Å². The van der Waals surface area contributed by atoms with Gasteiger partial charge in [-0.1, -0.05) is 103 Å². The third-order valence-corrected chi connectivity index (χ3v) is 16.0. The summed E-state index contributed by atoms with van der Waals surface area (Å²) in [6.07, 6.45) is 11.1. The van der Waals surface area contributed by atoms with Crippen LogP contribution >= 0.6 is 0 Å². The lowest BCUT2D eigenvalue weighted by Gasteiger charge is -2.14. The van der Waals surface area contributed by atoms with Crippen LogP contribution in [0.4, 0.5) is 0 Å². The molecule has 0 saturated heterocycles. The lowest BCUT2D eigenvalue weighted by atomic mass is 9.90. The number of hydrogen-bond acceptors (Lipinski definition) is 10. The minimum Gasteiger partial charge on any atom is -0.454 e. The lowest BCUT2D eigenvalue weighted by Crippen LogP contribution is -1.91. The largest absolute Gasteiger partial charge is 0.454 e. The zero-order valence-electron chi connectivity index (χ0n) is 43.2. The Morgan fingerprint density at radius 3 is 1.38 bits per heavy atom. The standard InChI is InChI=1S/C71H40N6O4/c1-39-34-42(14-19-45(39)49-20-21-52(48-9-3-2-8-47(48)49)66-71-54(28-33-74-66)51-11-5-7-13-61(51)79-71)64-70-55(29-32-72-64)56-35-40(17-24-62(56)80-70)41-18-25-63-57(36-41)67-68(81-63)46(26-30-75-67)43-15-22-58(76-37-43)59-23-16-44(38-77-59)65-69-53(27-31-73-65)50-10-4-6-12-60(50)78-69/h2-38H,1H3. The molecule has 7 aromatic carbocycles. The predicted molar refractivity (Wildman–Crippen MR) is 323 cm³/mol. The summed E-state index contributed by atoms with van der Waals surface area (Å²) in [6.45, 7) is 2.16. The molecule has 0 fully saturated rings. The smallest absolute Gasteiger partial charge is 0.161 e. The van der Waals surface area contributed by atoms with Gasteiger partial charge in [0.15, 0.2) is 22.3 Å². The van der Waals surface area contributed by atoms with Crippen LogP contribution in [0.15, 0.2) is 243 Å². The molecule has 0 aliphatic rings. The Morgan fingerprint density at radius 1 is 0.272 bits per heavy atom. The molecule has 0 aliphatic heterocycles. The van der Waals surface area contributed by atoms with Crippen LogP contribution in [0.2, 0.25) is 0 Å². The zero-order valence-corrected chi connectivity index (χ0v) is 43.2. The Bertz CT molecular complexity index is 5440. The van der Waals surface area contributed by atoms with E-state index < -0.39 is 0 Å². The molecule has 0 unspecified atom stereocenters. The summed E-state index contributed by atoms with van der Waals surface area (Å²) in [7, 11) is 0. The number of rotatable bonds is 7. The quantitative estimate of drug-likeness (QED) is 0.152. The van der Waals surface area contributed by atoms with Crippen LogP contribution in [-0.2, 0) is 0 Å². The molecule has 81 heavy (non-hydrogen) atoms. The van der Waals surface area contributed by atoms with Crippen LogP contribution in [0.3, 0.4) is 0 Å². The van der Waals surface area contributed by atoms with E-state index in [1.54, 1.807) is 0 Å². The Balaban J connectivity index is 0.661. The molecule has 0 radical (unpaired) electrons. The predicted octanol–water partition coefficient (Wildman–Crippen LogP) is 18.8. The van der Waals surface area contributed by atoms with Gasteiger partial charge in [-0.3, -0.25) is 29.9 Å². The first-order valence-electron chi connectivity index (χ1n) is 26.8. The van der Waals surface area contributed by atoms with E-state index in [0.29, 0.717) is 5.58 Å². The minimum atomic E-state index is 0.699. The molecular formula is C71H40N6O4. The second-order valence-corrected chi connectivity index (χ2v) is 20.6. The third-order valence-electron chi connectivity index (χ3n) is 16.0. The molecular weight excluding hydrogens is 1000 g/mol. The lowest BCUT2D eigenvalue weighted by molar-refractivity contribution is 0.668. The third kappa shape index (κ3) is 7.00. The highest BCUT2D eigenvalue weighted by Crippen LogP contribution is 2.44. The molecule has 17 aromatic rings. The Morgan fingerprint density at radius 2 is 0.741 bits per heavy atom.